The van der Waals surface area contributed by atoms with Gasteiger partial charge in [-0.05, 0) is 36.8 Å². The molecule has 2 rings (SSSR count). The van der Waals surface area contributed by atoms with Gasteiger partial charge in [-0.1, -0.05) is 28.1 Å². The molecule has 0 unspecified atom stereocenters. The standard InChI is InChI=1S/C15H15BrFNO/c1-2-19-15-8-7-13(9-14(15)17)18-10-11-3-5-12(16)6-4-11/h3-9,18H,2,10H2,1H3. The highest BCUT2D eigenvalue weighted by atomic mass is 79.9. The van der Waals surface area contributed by atoms with Crippen molar-refractivity contribution in [3.8, 4) is 5.75 Å². The number of nitrogens with one attached hydrogen (secondary N) is 1. The van der Waals surface area contributed by atoms with Crippen molar-refractivity contribution in [1.82, 2.24) is 0 Å². The highest BCUT2D eigenvalue weighted by molar-refractivity contribution is 9.10. The SMILES string of the molecule is CCOc1ccc(NCc2ccc(Br)cc2)cc1F. The van der Waals surface area contributed by atoms with Crippen molar-refractivity contribution in [1.29, 1.82) is 0 Å². The number of hydrogen-bond donors (Lipinski definition) is 1. The molecule has 2 nitrogen and oxygen atoms in total. The van der Waals surface area contributed by atoms with Gasteiger partial charge in [-0.2, -0.15) is 0 Å². The molecule has 0 aliphatic carbocycles. The largest absolute Gasteiger partial charge is 0.491 e. The molecule has 100 valence electrons. The van der Waals surface area contributed by atoms with Crippen LogP contribution in [0.4, 0.5) is 10.1 Å². The van der Waals surface area contributed by atoms with Gasteiger partial charge in [-0.15, -0.1) is 0 Å². The fourth-order valence-corrected chi connectivity index (χ4v) is 1.95. The second-order valence-electron chi connectivity index (χ2n) is 4.06. The Balaban J connectivity index is 1.99. The second kappa shape index (κ2) is 6.57. The zero-order valence-corrected chi connectivity index (χ0v) is 12.2. The second-order valence-corrected chi connectivity index (χ2v) is 4.97. The van der Waals surface area contributed by atoms with Crippen LogP contribution < -0.4 is 10.1 Å². The molecule has 19 heavy (non-hydrogen) atoms. The lowest BCUT2D eigenvalue weighted by Crippen LogP contribution is -2.01. The molecule has 0 radical (unpaired) electrons. The Morgan fingerprint density at radius 2 is 1.89 bits per heavy atom. The van der Waals surface area contributed by atoms with E-state index in [9.17, 15) is 4.39 Å². The van der Waals surface area contributed by atoms with Crippen molar-refractivity contribution in [3.63, 3.8) is 0 Å². The summed E-state index contributed by atoms with van der Waals surface area (Å²) in [5, 5.41) is 3.18. The van der Waals surface area contributed by atoms with E-state index in [2.05, 4.69) is 21.2 Å². The Kier molecular flexibility index (Phi) is 4.80. The van der Waals surface area contributed by atoms with Gasteiger partial charge >= 0.3 is 0 Å². The average Bonchev–Trinajstić information content (AvgIpc) is 2.41. The molecule has 0 fully saturated rings. The fraction of sp³-hybridized carbons (Fsp3) is 0.200. The molecule has 0 amide bonds. The van der Waals surface area contributed by atoms with E-state index < -0.39 is 0 Å². The van der Waals surface area contributed by atoms with E-state index in [-0.39, 0.29) is 11.6 Å². The summed E-state index contributed by atoms with van der Waals surface area (Å²) in [5.74, 6) is -0.0562. The van der Waals surface area contributed by atoms with Crippen LogP contribution in [0, 0.1) is 5.82 Å². The summed E-state index contributed by atoms with van der Waals surface area (Å²) < 4.78 is 19.8. The highest BCUT2D eigenvalue weighted by Gasteiger charge is 2.03. The molecule has 0 aliphatic heterocycles. The maximum Gasteiger partial charge on any atom is 0.167 e. The molecule has 0 heterocycles. The summed E-state index contributed by atoms with van der Waals surface area (Å²) in [6.45, 7) is 2.95. The van der Waals surface area contributed by atoms with Crippen molar-refractivity contribution < 1.29 is 9.13 Å². The van der Waals surface area contributed by atoms with Crippen molar-refractivity contribution in [2.45, 2.75) is 13.5 Å². The lowest BCUT2D eigenvalue weighted by molar-refractivity contribution is 0.321. The molecular weight excluding hydrogens is 309 g/mol. The van der Waals surface area contributed by atoms with Gasteiger partial charge in [0.05, 0.1) is 6.61 Å². The first kappa shape index (κ1) is 13.9. The molecular formula is C15H15BrFNO. The molecule has 0 aliphatic rings. The normalized spacial score (nSPS) is 10.3. The fourth-order valence-electron chi connectivity index (χ4n) is 1.69. The van der Waals surface area contributed by atoms with Gasteiger partial charge in [0.1, 0.15) is 0 Å². The molecule has 0 saturated carbocycles. The van der Waals surface area contributed by atoms with Crippen LogP contribution in [0.1, 0.15) is 12.5 Å². The minimum Gasteiger partial charge on any atom is -0.491 e. The van der Waals surface area contributed by atoms with Crippen LogP contribution in [0.3, 0.4) is 0 Å². The van der Waals surface area contributed by atoms with Crippen molar-refractivity contribution >= 4 is 21.6 Å². The van der Waals surface area contributed by atoms with Crippen LogP contribution in [-0.2, 0) is 6.54 Å². The van der Waals surface area contributed by atoms with Gasteiger partial charge in [0, 0.05) is 22.8 Å². The summed E-state index contributed by atoms with van der Waals surface area (Å²) in [6, 6.07) is 12.9. The summed E-state index contributed by atoms with van der Waals surface area (Å²) >= 11 is 3.39. The summed E-state index contributed by atoms with van der Waals surface area (Å²) in [4.78, 5) is 0. The molecule has 2 aromatic carbocycles. The van der Waals surface area contributed by atoms with Gasteiger partial charge in [-0.3, -0.25) is 0 Å². The molecule has 0 spiro atoms. The number of benzene rings is 2. The smallest absolute Gasteiger partial charge is 0.167 e. The minimum atomic E-state index is -0.345. The summed E-state index contributed by atoms with van der Waals surface area (Å²) in [6.07, 6.45) is 0. The molecule has 0 aromatic heterocycles. The Morgan fingerprint density at radius 1 is 1.16 bits per heavy atom. The van der Waals surface area contributed by atoms with E-state index in [0.717, 1.165) is 15.7 Å². The first-order valence-corrected chi connectivity index (χ1v) is 6.89. The number of ether oxygens (including phenoxy) is 1. The maximum atomic E-state index is 13.6. The zero-order valence-electron chi connectivity index (χ0n) is 10.6. The Hall–Kier alpha value is -1.55. The molecule has 0 bridgehead atoms. The lowest BCUT2D eigenvalue weighted by atomic mass is 10.2. The number of anilines is 1. The predicted octanol–water partition coefficient (Wildman–Crippen LogP) is 4.60. The van der Waals surface area contributed by atoms with Crippen LogP contribution in [0.5, 0.6) is 5.75 Å². The summed E-state index contributed by atoms with van der Waals surface area (Å²) in [7, 11) is 0. The molecule has 2 aromatic rings. The molecule has 1 N–H and O–H groups in total. The first-order chi connectivity index (χ1) is 9.19. The molecule has 0 atom stereocenters. The zero-order chi connectivity index (χ0) is 13.7. The van der Waals surface area contributed by atoms with Crippen LogP contribution in [0.25, 0.3) is 0 Å². The van der Waals surface area contributed by atoms with E-state index in [1.807, 2.05) is 37.3 Å². The van der Waals surface area contributed by atoms with E-state index in [4.69, 9.17) is 4.74 Å². The highest BCUT2D eigenvalue weighted by Crippen LogP contribution is 2.21. The summed E-state index contributed by atoms with van der Waals surface area (Å²) in [5.41, 5.74) is 1.88. The van der Waals surface area contributed by atoms with Gasteiger partial charge < -0.3 is 10.1 Å². The van der Waals surface area contributed by atoms with E-state index in [1.165, 1.54) is 6.07 Å². The number of halogens is 2. The van der Waals surface area contributed by atoms with Crippen LogP contribution in [-0.4, -0.2) is 6.61 Å². The van der Waals surface area contributed by atoms with Gasteiger partial charge in [0.15, 0.2) is 11.6 Å². The minimum absolute atomic E-state index is 0.289. The average molecular weight is 324 g/mol. The van der Waals surface area contributed by atoms with Crippen molar-refractivity contribution in [2.75, 3.05) is 11.9 Å². The Bertz CT molecular complexity index is 542. The van der Waals surface area contributed by atoms with Crippen molar-refractivity contribution in [3.05, 3.63) is 58.3 Å². The third-order valence-corrected chi connectivity index (χ3v) is 3.17. The van der Waals surface area contributed by atoms with E-state index >= 15 is 0 Å². The van der Waals surface area contributed by atoms with E-state index in [0.29, 0.717) is 13.2 Å². The van der Waals surface area contributed by atoms with Crippen LogP contribution >= 0.6 is 15.9 Å². The monoisotopic (exact) mass is 323 g/mol. The van der Waals surface area contributed by atoms with Crippen LogP contribution in [0.15, 0.2) is 46.9 Å². The lowest BCUT2D eigenvalue weighted by Gasteiger charge is -2.09. The third kappa shape index (κ3) is 3.96. The molecule has 0 saturated heterocycles. The maximum absolute atomic E-state index is 13.6. The van der Waals surface area contributed by atoms with Gasteiger partial charge in [0.2, 0.25) is 0 Å². The number of rotatable bonds is 5. The predicted molar refractivity (Wildman–Crippen MR) is 79.0 cm³/mol. The number of hydrogen-bond acceptors (Lipinski definition) is 2. The first-order valence-electron chi connectivity index (χ1n) is 6.09. The topological polar surface area (TPSA) is 21.3 Å². The van der Waals surface area contributed by atoms with E-state index in [1.54, 1.807) is 6.07 Å². The third-order valence-electron chi connectivity index (χ3n) is 2.64. The van der Waals surface area contributed by atoms with Crippen LogP contribution in [0.2, 0.25) is 0 Å². The van der Waals surface area contributed by atoms with Gasteiger partial charge in [0.25, 0.3) is 0 Å². The van der Waals surface area contributed by atoms with Crippen molar-refractivity contribution in [2.24, 2.45) is 0 Å². The van der Waals surface area contributed by atoms with Gasteiger partial charge in [-0.25, -0.2) is 4.39 Å². The Labute approximate surface area is 120 Å². The Morgan fingerprint density at radius 3 is 2.53 bits per heavy atom. The quantitative estimate of drug-likeness (QED) is 0.868. The molecule has 4 heteroatoms.